The number of phenolic OH excluding ortho intramolecular Hbond substituents is 1. The minimum absolute atomic E-state index is 0.0604. The van der Waals surface area contributed by atoms with Crippen LogP contribution in [-0.4, -0.2) is 16.9 Å². The number of carbonyl (C=O) groups excluding carboxylic acids is 2. The number of allylic oxidation sites excluding steroid dienone is 2. The van der Waals surface area contributed by atoms with Gasteiger partial charge in [0.1, 0.15) is 11.3 Å². The number of anilines is 1. The first-order valence-corrected chi connectivity index (χ1v) is 7.03. The Morgan fingerprint density at radius 2 is 1.78 bits per heavy atom. The molecule has 2 aromatic carbocycles. The number of phenols is 1. The number of carbonyl (C=O) groups is 2. The van der Waals surface area contributed by atoms with Gasteiger partial charge in [-0.25, -0.2) is 5.01 Å². The number of aromatic hydroxyl groups is 1. The molecule has 114 valence electrons. The van der Waals surface area contributed by atoms with E-state index in [9.17, 15) is 14.7 Å². The van der Waals surface area contributed by atoms with Crippen LogP contribution in [0.15, 0.2) is 72.3 Å². The van der Waals surface area contributed by atoms with Gasteiger partial charge in [-0.1, -0.05) is 42.5 Å². The van der Waals surface area contributed by atoms with Crippen molar-refractivity contribution in [2.75, 3.05) is 5.01 Å². The summed E-state index contributed by atoms with van der Waals surface area (Å²) >= 11 is 0. The van der Waals surface area contributed by atoms with Gasteiger partial charge in [-0.15, -0.1) is 0 Å². The van der Waals surface area contributed by atoms with E-state index in [1.165, 1.54) is 11.1 Å². The van der Waals surface area contributed by atoms with Gasteiger partial charge in [0.05, 0.1) is 5.69 Å². The second kappa shape index (κ2) is 6.19. The minimum Gasteiger partial charge on any atom is -0.508 e. The summed E-state index contributed by atoms with van der Waals surface area (Å²) in [6, 6.07) is 15.6. The molecule has 0 bridgehead atoms. The Kier molecular flexibility index (Phi) is 3.93. The summed E-state index contributed by atoms with van der Waals surface area (Å²) in [5.41, 5.74) is 3.96. The molecule has 1 aliphatic rings. The zero-order valence-electron chi connectivity index (χ0n) is 12.1. The third-order valence-corrected chi connectivity index (χ3v) is 3.33. The van der Waals surface area contributed by atoms with Crippen LogP contribution in [0.3, 0.4) is 0 Å². The van der Waals surface area contributed by atoms with Crippen molar-refractivity contribution in [2.24, 2.45) is 0 Å². The highest BCUT2D eigenvalue weighted by Crippen LogP contribution is 2.19. The van der Waals surface area contributed by atoms with Crippen LogP contribution in [0, 0.1) is 0 Å². The molecule has 5 heteroatoms. The van der Waals surface area contributed by atoms with Gasteiger partial charge in [-0.05, 0) is 35.9 Å². The summed E-state index contributed by atoms with van der Waals surface area (Å²) in [6.45, 7) is 0. The molecule has 0 aromatic heterocycles. The Hall–Kier alpha value is -3.34. The second-order valence-electron chi connectivity index (χ2n) is 4.95. The number of para-hydroxylation sites is 1. The number of hydrazine groups is 1. The molecule has 1 aliphatic heterocycles. The fraction of sp³-hybridized carbons (Fsp3) is 0. The lowest BCUT2D eigenvalue weighted by Gasteiger charge is -2.13. The molecule has 0 radical (unpaired) electrons. The van der Waals surface area contributed by atoms with Crippen LogP contribution in [0.4, 0.5) is 5.69 Å². The SMILES string of the molecule is O=C1NN(c2ccccc2)C(=O)C1=CC=Cc1cccc(O)c1. The topological polar surface area (TPSA) is 69.6 Å². The Morgan fingerprint density at radius 3 is 2.52 bits per heavy atom. The highest BCUT2D eigenvalue weighted by atomic mass is 16.3. The van der Waals surface area contributed by atoms with Crippen molar-refractivity contribution in [2.45, 2.75) is 0 Å². The summed E-state index contributed by atoms with van der Waals surface area (Å²) in [5.74, 6) is -0.689. The lowest BCUT2D eigenvalue weighted by Crippen LogP contribution is -2.35. The molecule has 2 amide bonds. The smallest absolute Gasteiger partial charge is 0.282 e. The number of nitrogens with zero attached hydrogens (tertiary/aromatic N) is 1. The third kappa shape index (κ3) is 3.13. The van der Waals surface area contributed by atoms with E-state index in [1.54, 1.807) is 54.6 Å². The molecular weight excluding hydrogens is 292 g/mol. The molecule has 0 atom stereocenters. The van der Waals surface area contributed by atoms with Crippen LogP contribution >= 0.6 is 0 Å². The highest BCUT2D eigenvalue weighted by molar-refractivity contribution is 6.29. The highest BCUT2D eigenvalue weighted by Gasteiger charge is 2.33. The fourth-order valence-electron chi connectivity index (χ4n) is 2.22. The van der Waals surface area contributed by atoms with Crippen LogP contribution in [0.2, 0.25) is 0 Å². The molecule has 2 N–H and O–H groups in total. The maximum atomic E-state index is 12.3. The van der Waals surface area contributed by atoms with Crippen LogP contribution < -0.4 is 10.4 Å². The van der Waals surface area contributed by atoms with Crippen molar-refractivity contribution < 1.29 is 14.7 Å². The van der Waals surface area contributed by atoms with E-state index >= 15 is 0 Å². The summed E-state index contributed by atoms with van der Waals surface area (Å²) < 4.78 is 0. The molecule has 0 aliphatic carbocycles. The predicted octanol–water partition coefficient (Wildman–Crippen LogP) is 2.41. The average Bonchev–Trinajstić information content (AvgIpc) is 2.84. The minimum atomic E-state index is -0.445. The molecule has 1 fully saturated rings. The standard InChI is InChI=1S/C18H14N2O3/c21-15-10-4-6-13(12-15)7-5-11-16-17(22)19-20(18(16)23)14-8-2-1-3-9-14/h1-12,21H,(H,19,22). The van der Waals surface area contributed by atoms with E-state index in [-0.39, 0.29) is 11.3 Å². The van der Waals surface area contributed by atoms with Gasteiger partial charge >= 0.3 is 0 Å². The molecule has 3 rings (SSSR count). The van der Waals surface area contributed by atoms with E-state index in [0.717, 1.165) is 5.56 Å². The number of amides is 2. The largest absolute Gasteiger partial charge is 0.508 e. The predicted molar refractivity (Wildman–Crippen MR) is 87.3 cm³/mol. The van der Waals surface area contributed by atoms with Gasteiger partial charge in [0.15, 0.2) is 0 Å². The number of benzene rings is 2. The first-order valence-electron chi connectivity index (χ1n) is 7.03. The van der Waals surface area contributed by atoms with Crippen molar-refractivity contribution in [3.63, 3.8) is 0 Å². The van der Waals surface area contributed by atoms with Crippen LogP contribution in [-0.2, 0) is 9.59 Å². The molecule has 23 heavy (non-hydrogen) atoms. The van der Waals surface area contributed by atoms with E-state index in [0.29, 0.717) is 5.69 Å². The Labute approximate surface area is 133 Å². The van der Waals surface area contributed by atoms with E-state index in [2.05, 4.69) is 5.43 Å². The molecule has 1 saturated heterocycles. The second-order valence-corrected chi connectivity index (χ2v) is 4.95. The zero-order valence-corrected chi connectivity index (χ0v) is 12.1. The lowest BCUT2D eigenvalue weighted by molar-refractivity contribution is -0.117. The maximum Gasteiger partial charge on any atom is 0.282 e. The zero-order chi connectivity index (χ0) is 16.2. The van der Waals surface area contributed by atoms with E-state index < -0.39 is 11.8 Å². The van der Waals surface area contributed by atoms with Gasteiger partial charge < -0.3 is 5.11 Å². The molecule has 2 aromatic rings. The number of nitrogens with one attached hydrogen (secondary N) is 1. The summed E-state index contributed by atoms with van der Waals surface area (Å²) in [7, 11) is 0. The Balaban J connectivity index is 1.80. The van der Waals surface area contributed by atoms with Crippen molar-refractivity contribution in [3.8, 4) is 5.75 Å². The van der Waals surface area contributed by atoms with Crippen molar-refractivity contribution in [1.29, 1.82) is 0 Å². The average molecular weight is 306 g/mol. The third-order valence-electron chi connectivity index (χ3n) is 3.33. The maximum absolute atomic E-state index is 12.3. The normalized spacial score (nSPS) is 16.3. The number of hydrogen-bond donors (Lipinski definition) is 2. The molecule has 1 heterocycles. The van der Waals surface area contributed by atoms with Crippen LogP contribution in [0.5, 0.6) is 5.75 Å². The van der Waals surface area contributed by atoms with Crippen LogP contribution in [0.25, 0.3) is 6.08 Å². The summed E-state index contributed by atoms with van der Waals surface area (Å²) in [6.07, 6.45) is 4.78. The van der Waals surface area contributed by atoms with Gasteiger partial charge in [0.2, 0.25) is 0 Å². The molecule has 0 spiro atoms. The van der Waals surface area contributed by atoms with Gasteiger partial charge in [0.25, 0.3) is 11.8 Å². The number of hydrogen-bond acceptors (Lipinski definition) is 3. The lowest BCUT2D eigenvalue weighted by atomic mass is 10.1. The fourth-order valence-corrected chi connectivity index (χ4v) is 2.22. The first kappa shape index (κ1) is 14.6. The van der Waals surface area contributed by atoms with E-state index in [4.69, 9.17) is 0 Å². The van der Waals surface area contributed by atoms with Gasteiger partial charge in [0, 0.05) is 0 Å². The van der Waals surface area contributed by atoms with Crippen molar-refractivity contribution in [3.05, 3.63) is 77.9 Å². The van der Waals surface area contributed by atoms with Gasteiger partial charge in [-0.2, -0.15) is 0 Å². The van der Waals surface area contributed by atoms with Crippen molar-refractivity contribution >= 4 is 23.6 Å². The van der Waals surface area contributed by atoms with Crippen LogP contribution in [0.1, 0.15) is 5.56 Å². The Bertz CT molecular complexity index is 810. The number of rotatable bonds is 3. The first-order chi connectivity index (χ1) is 11.1. The molecule has 0 saturated carbocycles. The molecule has 0 unspecified atom stereocenters. The monoisotopic (exact) mass is 306 g/mol. The summed E-state index contributed by atoms with van der Waals surface area (Å²) in [4.78, 5) is 24.3. The quantitative estimate of drug-likeness (QED) is 0.676. The molecular formula is C18H14N2O3. The summed E-state index contributed by atoms with van der Waals surface area (Å²) in [5, 5.41) is 10.6. The van der Waals surface area contributed by atoms with Gasteiger partial charge in [-0.3, -0.25) is 15.0 Å². The Morgan fingerprint density at radius 1 is 1.00 bits per heavy atom. The van der Waals surface area contributed by atoms with Crippen molar-refractivity contribution in [1.82, 2.24) is 5.43 Å². The molecule has 5 nitrogen and oxygen atoms in total. The van der Waals surface area contributed by atoms with E-state index in [1.807, 2.05) is 12.1 Å².